The standard InChI is InChI=1S/C18H17Cl2N5/c1-12-10-17(23-18(20)22-12)25-8-6-24(7-9-25)16-4-5-21-15-11-13(19)2-3-14(15)16/h2-5,10-11H,6-9H2,1H3. The minimum absolute atomic E-state index is 0.300. The van der Waals surface area contributed by atoms with Crippen LogP contribution in [0, 0.1) is 6.92 Å². The van der Waals surface area contributed by atoms with E-state index in [4.69, 9.17) is 23.2 Å². The van der Waals surface area contributed by atoms with E-state index in [9.17, 15) is 0 Å². The van der Waals surface area contributed by atoms with Crippen LogP contribution in [-0.2, 0) is 0 Å². The molecule has 3 heterocycles. The van der Waals surface area contributed by atoms with Crippen molar-refractivity contribution in [1.29, 1.82) is 0 Å². The summed E-state index contributed by atoms with van der Waals surface area (Å²) < 4.78 is 0. The van der Waals surface area contributed by atoms with Crippen LogP contribution >= 0.6 is 23.2 Å². The first kappa shape index (κ1) is 16.4. The second kappa shape index (κ2) is 6.65. The van der Waals surface area contributed by atoms with Crippen LogP contribution in [0.2, 0.25) is 10.3 Å². The topological polar surface area (TPSA) is 45.2 Å². The first-order valence-corrected chi connectivity index (χ1v) is 8.91. The summed E-state index contributed by atoms with van der Waals surface area (Å²) in [6.07, 6.45) is 1.84. The van der Waals surface area contributed by atoms with Gasteiger partial charge >= 0.3 is 0 Å². The molecule has 1 aliphatic rings. The summed E-state index contributed by atoms with van der Waals surface area (Å²) in [5, 5.41) is 2.13. The maximum absolute atomic E-state index is 6.09. The second-order valence-corrected chi connectivity index (χ2v) is 6.88. The number of halogens is 2. The van der Waals surface area contributed by atoms with E-state index in [2.05, 4.69) is 30.8 Å². The third kappa shape index (κ3) is 3.34. The maximum Gasteiger partial charge on any atom is 0.224 e. The van der Waals surface area contributed by atoms with E-state index in [0.29, 0.717) is 10.3 Å². The van der Waals surface area contributed by atoms with Gasteiger partial charge in [0.2, 0.25) is 5.28 Å². The Bertz CT molecular complexity index is 902. The van der Waals surface area contributed by atoms with Crippen LogP contribution in [-0.4, -0.2) is 41.1 Å². The molecule has 0 amide bonds. The Morgan fingerprint density at radius 3 is 2.44 bits per heavy atom. The lowest BCUT2D eigenvalue weighted by molar-refractivity contribution is 0.647. The van der Waals surface area contributed by atoms with Gasteiger partial charge in [0.25, 0.3) is 0 Å². The highest BCUT2D eigenvalue weighted by Crippen LogP contribution is 2.28. The van der Waals surface area contributed by atoms with E-state index in [1.807, 2.05) is 37.4 Å². The average Bonchev–Trinajstić information content (AvgIpc) is 2.60. The zero-order chi connectivity index (χ0) is 17.4. The molecule has 0 radical (unpaired) electrons. The molecule has 5 nitrogen and oxygen atoms in total. The van der Waals surface area contributed by atoms with E-state index in [1.165, 1.54) is 5.69 Å². The van der Waals surface area contributed by atoms with E-state index in [0.717, 1.165) is 48.6 Å². The highest BCUT2D eigenvalue weighted by atomic mass is 35.5. The molecule has 0 aliphatic carbocycles. The Morgan fingerprint density at radius 2 is 1.68 bits per heavy atom. The number of anilines is 2. The minimum atomic E-state index is 0.300. The summed E-state index contributed by atoms with van der Waals surface area (Å²) in [7, 11) is 0. The number of aryl methyl sites for hydroxylation is 1. The fraction of sp³-hybridized carbons (Fsp3) is 0.278. The molecule has 2 aromatic heterocycles. The predicted molar refractivity (Wildman–Crippen MR) is 103 cm³/mol. The summed E-state index contributed by atoms with van der Waals surface area (Å²) in [6.45, 7) is 5.50. The number of piperazine rings is 1. The SMILES string of the molecule is Cc1cc(N2CCN(c3ccnc4cc(Cl)ccc34)CC2)nc(Cl)n1. The van der Waals surface area contributed by atoms with Gasteiger partial charge in [-0.1, -0.05) is 11.6 Å². The zero-order valence-electron chi connectivity index (χ0n) is 13.8. The molecule has 1 saturated heterocycles. The fourth-order valence-corrected chi connectivity index (χ4v) is 3.62. The second-order valence-electron chi connectivity index (χ2n) is 6.10. The van der Waals surface area contributed by atoms with Crippen LogP contribution in [0.15, 0.2) is 36.5 Å². The molecule has 25 heavy (non-hydrogen) atoms. The third-order valence-corrected chi connectivity index (χ3v) is 4.84. The normalized spacial score (nSPS) is 15.0. The molecule has 0 spiro atoms. The smallest absolute Gasteiger partial charge is 0.224 e. The number of rotatable bonds is 2. The Labute approximate surface area is 156 Å². The number of pyridine rings is 1. The lowest BCUT2D eigenvalue weighted by atomic mass is 10.1. The lowest BCUT2D eigenvalue weighted by Gasteiger charge is -2.37. The van der Waals surface area contributed by atoms with Gasteiger partial charge in [0.15, 0.2) is 0 Å². The molecule has 0 bridgehead atoms. The number of aromatic nitrogens is 3. The van der Waals surface area contributed by atoms with Crippen LogP contribution < -0.4 is 9.80 Å². The van der Waals surface area contributed by atoms with Crippen molar-refractivity contribution in [3.05, 3.63) is 52.5 Å². The summed E-state index contributed by atoms with van der Waals surface area (Å²) in [5.41, 5.74) is 3.00. The fourth-order valence-electron chi connectivity index (χ4n) is 3.24. The van der Waals surface area contributed by atoms with Gasteiger partial charge in [-0.2, -0.15) is 0 Å². The molecule has 0 unspecified atom stereocenters. The Balaban J connectivity index is 1.56. The van der Waals surface area contributed by atoms with Crippen LogP contribution in [0.5, 0.6) is 0 Å². The molecule has 7 heteroatoms. The molecule has 4 rings (SSSR count). The number of hydrogen-bond donors (Lipinski definition) is 0. The molecule has 0 saturated carbocycles. The largest absolute Gasteiger partial charge is 0.367 e. The third-order valence-electron chi connectivity index (χ3n) is 4.44. The summed E-state index contributed by atoms with van der Waals surface area (Å²) in [5.74, 6) is 0.892. The molecule has 1 fully saturated rings. The molecule has 0 N–H and O–H groups in total. The van der Waals surface area contributed by atoms with Gasteiger partial charge in [-0.3, -0.25) is 4.98 Å². The quantitative estimate of drug-likeness (QED) is 0.636. The molecule has 1 aliphatic heterocycles. The van der Waals surface area contributed by atoms with Crippen molar-refractivity contribution in [2.45, 2.75) is 6.92 Å². The van der Waals surface area contributed by atoms with Crippen molar-refractivity contribution < 1.29 is 0 Å². The molecule has 128 valence electrons. The van der Waals surface area contributed by atoms with Gasteiger partial charge in [0.1, 0.15) is 5.82 Å². The molecule has 3 aromatic rings. The van der Waals surface area contributed by atoms with Gasteiger partial charge in [0.05, 0.1) is 5.52 Å². The molecule has 0 atom stereocenters. The minimum Gasteiger partial charge on any atom is -0.367 e. The van der Waals surface area contributed by atoms with E-state index in [1.54, 1.807) is 0 Å². The van der Waals surface area contributed by atoms with Crippen molar-refractivity contribution in [2.75, 3.05) is 36.0 Å². The van der Waals surface area contributed by atoms with Crippen molar-refractivity contribution >= 4 is 45.6 Å². The Kier molecular flexibility index (Phi) is 4.36. The van der Waals surface area contributed by atoms with Gasteiger partial charge in [-0.15, -0.1) is 0 Å². The predicted octanol–water partition coefficient (Wildman–Crippen LogP) is 3.97. The first-order chi connectivity index (χ1) is 12.1. The van der Waals surface area contributed by atoms with Gasteiger partial charge in [-0.25, -0.2) is 9.97 Å². The first-order valence-electron chi connectivity index (χ1n) is 8.15. The molecule has 1 aromatic carbocycles. The number of hydrogen-bond acceptors (Lipinski definition) is 5. The Hall–Kier alpha value is -2.11. The highest BCUT2D eigenvalue weighted by Gasteiger charge is 2.20. The maximum atomic E-state index is 6.09. The average molecular weight is 374 g/mol. The Morgan fingerprint density at radius 1 is 0.920 bits per heavy atom. The monoisotopic (exact) mass is 373 g/mol. The van der Waals surface area contributed by atoms with Gasteiger partial charge in [-0.05, 0) is 42.8 Å². The lowest BCUT2D eigenvalue weighted by Crippen LogP contribution is -2.47. The van der Waals surface area contributed by atoms with Gasteiger partial charge < -0.3 is 9.80 Å². The van der Waals surface area contributed by atoms with E-state index < -0.39 is 0 Å². The molecular formula is C18H17Cl2N5. The van der Waals surface area contributed by atoms with E-state index >= 15 is 0 Å². The van der Waals surface area contributed by atoms with Crippen LogP contribution in [0.25, 0.3) is 10.9 Å². The summed E-state index contributed by atoms with van der Waals surface area (Å²) in [6, 6.07) is 9.90. The molecular weight excluding hydrogens is 357 g/mol. The van der Waals surface area contributed by atoms with Crippen molar-refractivity contribution in [2.24, 2.45) is 0 Å². The van der Waals surface area contributed by atoms with Crippen molar-refractivity contribution in [1.82, 2.24) is 15.0 Å². The number of fused-ring (bicyclic) bond motifs is 1. The van der Waals surface area contributed by atoms with Crippen molar-refractivity contribution in [3.8, 4) is 0 Å². The van der Waals surface area contributed by atoms with Crippen LogP contribution in [0.4, 0.5) is 11.5 Å². The van der Waals surface area contributed by atoms with Crippen molar-refractivity contribution in [3.63, 3.8) is 0 Å². The highest BCUT2D eigenvalue weighted by molar-refractivity contribution is 6.31. The van der Waals surface area contributed by atoms with Gasteiger partial charge in [0, 0.05) is 60.2 Å². The number of benzene rings is 1. The van der Waals surface area contributed by atoms with Crippen LogP contribution in [0.1, 0.15) is 5.69 Å². The van der Waals surface area contributed by atoms with E-state index in [-0.39, 0.29) is 0 Å². The number of nitrogens with zero attached hydrogens (tertiary/aromatic N) is 5. The van der Waals surface area contributed by atoms with Crippen LogP contribution in [0.3, 0.4) is 0 Å². The zero-order valence-corrected chi connectivity index (χ0v) is 15.3. The summed E-state index contributed by atoms with van der Waals surface area (Å²) in [4.78, 5) is 17.5. The summed E-state index contributed by atoms with van der Waals surface area (Å²) >= 11 is 12.1.